The fourth-order valence-corrected chi connectivity index (χ4v) is 4.61. The molecule has 0 fully saturated rings. The molecule has 0 saturated carbocycles. The number of hydrogen-bond acceptors (Lipinski definition) is 8. The molecule has 0 amide bonds. The average molecular weight is 476 g/mol. The number of unbranched alkanes of at least 4 members (excludes halogenated alkanes) is 1. The van der Waals surface area contributed by atoms with Gasteiger partial charge in [-0.1, -0.05) is 61.1 Å². The number of fused-ring (bicyclic) bond motifs is 1. The van der Waals surface area contributed by atoms with Crippen molar-refractivity contribution in [2.45, 2.75) is 45.9 Å². The predicted octanol–water partition coefficient (Wildman–Crippen LogP) is 4.14. The van der Waals surface area contributed by atoms with Crippen molar-refractivity contribution in [2.24, 2.45) is 0 Å². The minimum atomic E-state index is -0.0582. The van der Waals surface area contributed by atoms with E-state index >= 15 is 0 Å². The van der Waals surface area contributed by atoms with Crippen LogP contribution in [0.2, 0.25) is 0 Å². The average Bonchev–Trinajstić information content (AvgIpc) is 3.61. The Bertz CT molecular complexity index is 1340. The molecule has 0 aliphatic heterocycles. The molecule has 0 atom stereocenters. The Kier molecular flexibility index (Phi) is 6.59. The standard InChI is InChI=1S/C24H25N7O2S/c1-2-3-4-20-25-23-24(34-21(14-32)26-23)31(20)13-16-7-11-19(12-8-16)33-15-17-5-9-18(10-6-17)22-27-29-30-28-22/h5-12,32H,2-4,13-15H2,1H3,(H,27,28,29,30). The van der Waals surface area contributed by atoms with Crippen molar-refractivity contribution in [3.8, 4) is 17.1 Å². The van der Waals surface area contributed by atoms with Gasteiger partial charge in [-0.2, -0.15) is 0 Å². The van der Waals surface area contributed by atoms with Crippen molar-refractivity contribution < 1.29 is 9.84 Å². The molecule has 10 heteroatoms. The third-order valence-corrected chi connectivity index (χ3v) is 6.61. The molecule has 174 valence electrons. The van der Waals surface area contributed by atoms with E-state index in [1.165, 1.54) is 11.3 Å². The van der Waals surface area contributed by atoms with E-state index in [1.807, 2.05) is 36.4 Å². The van der Waals surface area contributed by atoms with Crippen LogP contribution in [-0.4, -0.2) is 40.3 Å². The van der Waals surface area contributed by atoms with E-state index in [0.29, 0.717) is 24.0 Å². The zero-order chi connectivity index (χ0) is 23.3. The fourth-order valence-electron chi connectivity index (χ4n) is 3.73. The van der Waals surface area contributed by atoms with E-state index in [1.54, 1.807) is 0 Å². The Morgan fingerprint density at radius 2 is 1.82 bits per heavy atom. The van der Waals surface area contributed by atoms with E-state index in [2.05, 4.69) is 49.2 Å². The van der Waals surface area contributed by atoms with Crippen LogP contribution in [-0.2, 0) is 26.2 Å². The lowest BCUT2D eigenvalue weighted by Gasteiger charge is -2.10. The Balaban J connectivity index is 1.25. The number of aromatic nitrogens is 7. The molecule has 0 bridgehead atoms. The number of ether oxygens (including phenoxy) is 1. The van der Waals surface area contributed by atoms with Gasteiger partial charge in [0, 0.05) is 12.0 Å². The molecule has 3 heterocycles. The summed E-state index contributed by atoms with van der Waals surface area (Å²) in [5.74, 6) is 2.50. The fraction of sp³-hybridized carbons (Fsp3) is 0.292. The number of nitrogens with zero attached hydrogens (tertiary/aromatic N) is 6. The number of thiazole rings is 1. The Hall–Kier alpha value is -3.63. The number of tetrazole rings is 1. The molecule has 0 unspecified atom stereocenters. The minimum absolute atomic E-state index is 0.0582. The second kappa shape index (κ2) is 10.1. The van der Waals surface area contributed by atoms with Gasteiger partial charge in [0.15, 0.2) is 11.5 Å². The minimum Gasteiger partial charge on any atom is -0.489 e. The number of H-pyrrole nitrogens is 1. The summed E-state index contributed by atoms with van der Waals surface area (Å²) in [7, 11) is 0. The van der Waals surface area contributed by atoms with Gasteiger partial charge in [0.05, 0.1) is 13.2 Å². The van der Waals surface area contributed by atoms with Gasteiger partial charge in [-0.25, -0.2) is 15.1 Å². The number of nitrogens with one attached hydrogen (secondary N) is 1. The van der Waals surface area contributed by atoms with Crippen molar-refractivity contribution >= 4 is 21.8 Å². The highest BCUT2D eigenvalue weighted by Crippen LogP contribution is 2.26. The molecule has 0 aliphatic rings. The molecule has 0 spiro atoms. The second-order valence-corrected chi connectivity index (χ2v) is 9.05. The number of aliphatic hydroxyl groups is 1. The van der Waals surface area contributed by atoms with Gasteiger partial charge in [-0.3, -0.25) is 0 Å². The second-order valence-electron chi connectivity index (χ2n) is 7.99. The molecule has 0 radical (unpaired) electrons. The maximum Gasteiger partial charge on any atom is 0.189 e. The van der Waals surface area contributed by atoms with E-state index < -0.39 is 0 Å². The first-order chi connectivity index (χ1) is 16.7. The third-order valence-electron chi connectivity index (χ3n) is 5.56. The van der Waals surface area contributed by atoms with E-state index in [9.17, 15) is 5.11 Å². The molecule has 2 aromatic carbocycles. The SMILES string of the molecule is CCCCc1nc2nc(CO)sc2n1Cc1ccc(OCc2ccc(-c3nnn[nH]3)cc2)cc1. The van der Waals surface area contributed by atoms with Crippen molar-refractivity contribution in [1.29, 1.82) is 0 Å². The molecular weight excluding hydrogens is 450 g/mol. The highest BCUT2D eigenvalue weighted by molar-refractivity contribution is 7.18. The van der Waals surface area contributed by atoms with Gasteiger partial charge in [-0.05, 0) is 40.1 Å². The highest BCUT2D eigenvalue weighted by atomic mass is 32.1. The number of aliphatic hydroxyl groups excluding tert-OH is 1. The summed E-state index contributed by atoms with van der Waals surface area (Å²) in [4.78, 5) is 10.2. The zero-order valence-electron chi connectivity index (χ0n) is 18.8. The van der Waals surface area contributed by atoms with Gasteiger partial charge < -0.3 is 14.4 Å². The van der Waals surface area contributed by atoms with Crippen molar-refractivity contribution in [1.82, 2.24) is 35.2 Å². The van der Waals surface area contributed by atoms with Crippen LogP contribution in [0.4, 0.5) is 0 Å². The number of hydrogen-bond donors (Lipinski definition) is 2. The van der Waals surface area contributed by atoms with Crippen molar-refractivity contribution in [2.75, 3.05) is 0 Å². The first-order valence-electron chi connectivity index (χ1n) is 11.2. The summed E-state index contributed by atoms with van der Waals surface area (Å²) in [6, 6.07) is 16.1. The number of rotatable bonds is 10. The monoisotopic (exact) mass is 475 g/mol. The van der Waals surface area contributed by atoms with Crippen molar-refractivity contribution in [3.05, 3.63) is 70.5 Å². The van der Waals surface area contributed by atoms with Crippen LogP contribution in [0, 0.1) is 0 Å². The van der Waals surface area contributed by atoms with Crippen LogP contribution in [0.5, 0.6) is 5.75 Å². The van der Waals surface area contributed by atoms with Crippen LogP contribution >= 0.6 is 11.3 Å². The smallest absolute Gasteiger partial charge is 0.189 e. The molecule has 5 rings (SSSR count). The number of imidazole rings is 1. The van der Waals surface area contributed by atoms with Crippen LogP contribution in [0.3, 0.4) is 0 Å². The molecule has 34 heavy (non-hydrogen) atoms. The lowest BCUT2D eigenvalue weighted by atomic mass is 10.1. The van der Waals surface area contributed by atoms with Crippen LogP contribution < -0.4 is 4.74 Å². The van der Waals surface area contributed by atoms with Crippen molar-refractivity contribution in [3.63, 3.8) is 0 Å². The largest absolute Gasteiger partial charge is 0.489 e. The summed E-state index contributed by atoms with van der Waals surface area (Å²) < 4.78 is 8.20. The molecule has 9 nitrogen and oxygen atoms in total. The number of benzene rings is 2. The zero-order valence-corrected chi connectivity index (χ0v) is 19.6. The molecule has 5 aromatic rings. The Morgan fingerprint density at radius 1 is 1.03 bits per heavy atom. The van der Waals surface area contributed by atoms with E-state index in [0.717, 1.165) is 58.0 Å². The summed E-state index contributed by atoms with van der Waals surface area (Å²) >= 11 is 1.51. The summed E-state index contributed by atoms with van der Waals surface area (Å²) in [6.07, 6.45) is 3.11. The van der Waals surface area contributed by atoms with Gasteiger partial charge >= 0.3 is 0 Å². The van der Waals surface area contributed by atoms with Gasteiger partial charge in [0.1, 0.15) is 28.0 Å². The summed E-state index contributed by atoms with van der Waals surface area (Å²) in [5, 5.41) is 24.0. The van der Waals surface area contributed by atoms with Crippen LogP contribution in [0.25, 0.3) is 21.9 Å². The van der Waals surface area contributed by atoms with Gasteiger partial charge in [-0.15, -0.1) is 5.10 Å². The van der Waals surface area contributed by atoms with E-state index in [-0.39, 0.29) is 6.61 Å². The maximum atomic E-state index is 9.46. The lowest BCUT2D eigenvalue weighted by molar-refractivity contribution is 0.281. The molecular formula is C24H25N7O2S. The maximum absolute atomic E-state index is 9.46. The highest BCUT2D eigenvalue weighted by Gasteiger charge is 2.16. The van der Waals surface area contributed by atoms with Crippen LogP contribution in [0.1, 0.15) is 41.7 Å². The molecule has 3 aromatic heterocycles. The van der Waals surface area contributed by atoms with Gasteiger partial charge in [0.25, 0.3) is 0 Å². The first-order valence-corrected chi connectivity index (χ1v) is 12.1. The molecule has 0 saturated heterocycles. The Morgan fingerprint density at radius 3 is 2.53 bits per heavy atom. The lowest BCUT2D eigenvalue weighted by Crippen LogP contribution is -2.05. The molecule has 0 aliphatic carbocycles. The number of aromatic amines is 1. The normalized spacial score (nSPS) is 11.4. The van der Waals surface area contributed by atoms with Gasteiger partial charge in [0.2, 0.25) is 0 Å². The van der Waals surface area contributed by atoms with E-state index in [4.69, 9.17) is 9.72 Å². The Labute approximate surface area is 200 Å². The molecule has 2 N–H and O–H groups in total. The third kappa shape index (κ3) is 4.82. The topological polar surface area (TPSA) is 115 Å². The first kappa shape index (κ1) is 22.2. The van der Waals surface area contributed by atoms with Crippen LogP contribution in [0.15, 0.2) is 48.5 Å². The quantitative estimate of drug-likeness (QED) is 0.312. The summed E-state index contributed by atoms with van der Waals surface area (Å²) in [6.45, 7) is 3.31. The number of aryl methyl sites for hydroxylation is 1. The summed E-state index contributed by atoms with van der Waals surface area (Å²) in [5.41, 5.74) is 3.88. The predicted molar refractivity (Wildman–Crippen MR) is 129 cm³/mol.